The monoisotopic (exact) mass is 324 g/mol. The second-order valence-corrected chi connectivity index (χ2v) is 5.72. The largest absolute Gasteiger partial charge is 0.475 e. The van der Waals surface area contributed by atoms with Gasteiger partial charge in [0.15, 0.2) is 0 Å². The summed E-state index contributed by atoms with van der Waals surface area (Å²) in [6.07, 6.45) is 3.28. The molecule has 0 bridgehead atoms. The molecular weight excluding hydrogens is 300 g/mol. The number of carboxylic acid groups (broad SMARTS) is 1. The van der Waals surface area contributed by atoms with Gasteiger partial charge in [-0.3, -0.25) is 9.69 Å². The van der Waals surface area contributed by atoms with Crippen LogP contribution in [0.25, 0.3) is 0 Å². The summed E-state index contributed by atoms with van der Waals surface area (Å²) in [5, 5.41) is 11.5. The summed E-state index contributed by atoms with van der Waals surface area (Å²) in [7, 11) is 0. The van der Waals surface area contributed by atoms with Crippen molar-refractivity contribution >= 4 is 11.9 Å². The number of rotatable bonds is 8. The SMILES string of the molecule is CCCOC1CCCN(CC(=O)NCc2ccc(C(=O)O)o2)C1. The van der Waals surface area contributed by atoms with E-state index in [1.165, 1.54) is 6.07 Å². The van der Waals surface area contributed by atoms with E-state index in [9.17, 15) is 9.59 Å². The number of ether oxygens (including phenoxy) is 1. The lowest BCUT2D eigenvalue weighted by molar-refractivity contribution is -0.123. The van der Waals surface area contributed by atoms with Crippen LogP contribution in [0.4, 0.5) is 0 Å². The zero-order valence-electron chi connectivity index (χ0n) is 13.4. The van der Waals surface area contributed by atoms with E-state index in [0.29, 0.717) is 12.3 Å². The number of nitrogens with one attached hydrogen (secondary N) is 1. The fourth-order valence-corrected chi connectivity index (χ4v) is 2.61. The molecule has 1 atom stereocenters. The Hall–Kier alpha value is -1.86. The summed E-state index contributed by atoms with van der Waals surface area (Å²) in [5.74, 6) is -0.914. The summed E-state index contributed by atoms with van der Waals surface area (Å²) in [4.78, 5) is 24.8. The molecule has 1 aliphatic rings. The smallest absolute Gasteiger partial charge is 0.371 e. The van der Waals surface area contributed by atoms with Crippen LogP contribution in [0, 0.1) is 0 Å². The van der Waals surface area contributed by atoms with Gasteiger partial charge >= 0.3 is 5.97 Å². The molecule has 0 aromatic carbocycles. The zero-order chi connectivity index (χ0) is 16.7. The maximum atomic E-state index is 12.0. The number of aromatic carboxylic acids is 1. The molecule has 1 aliphatic heterocycles. The molecule has 1 aromatic rings. The van der Waals surface area contributed by atoms with Crippen molar-refractivity contribution in [3.8, 4) is 0 Å². The highest BCUT2D eigenvalue weighted by molar-refractivity contribution is 5.84. The lowest BCUT2D eigenvalue weighted by atomic mass is 10.1. The zero-order valence-corrected chi connectivity index (χ0v) is 13.4. The Bertz CT molecular complexity index is 528. The highest BCUT2D eigenvalue weighted by Gasteiger charge is 2.22. The standard InChI is InChI=1S/C16H24N2O5/c1-2-8-22-13-4-3-7-18(10-13)11-15(19)17-9-12-5-6-14(23-12)16(20)21/h5-6,13H,2-4,7-11H2,1H3,(H,17,19)(H,20,21). The van der Waals surface area contributed by atoms with Crippen LogP contribution in [0.15, 0.2) is 16.5 Å². The van der Waals surface area contributed by atoms with Crippen LogP contribution in [-0.4, -0.2) is 54.2 Å². The normalized spacial score (nSPS) is 18.7. The van der Waals surface area contributed by atoms with Crippen LogP contribution in [-0.2, 0) is 16.1 Å². The van der Waals surface area contributed by atoms with Gasteiger partial charge in [0.1, 0.15) is 5.76 Å². The van der Waals surface area contributed by atoms with Gasteiger partial charge in [0.05, 0.1) is 19.2 Å². The Labute approximate surface area is 135 Å². The van der Waals surface area contributed by atoms with Gasteiger partial charge < -0.3 is 19.6 Å². The highest BCUT2D eigenvalue weighted by atomic mass is 16.5. The molecule has 2 heterocycles. The molecule has 1 saturated heterocycles. The Morgan fingerprint density at radius 1 is 1.48 bits per heavy atom. The summed E-state index contributed by atoms with van der Waals surface area (Å²) in [6.45, 7) is 5.02. The number of hydrogen-bond donors (Lipinski definition) is 2. The third kappa shape index (κ3) is 5.69. The van der Waals surface area contributed by atoms with E-state index in [4.69, 9.17) is 14.3 Å². The topological polar surface area (TPSA) is 92.0 Å². The predicted molar refractivity (Wildman–Crippen MR) is 83.2 cm³/mol. The molecule has 2 rings (SSSR count). The molecule has 1 fully saturated rings. The lowest BCUT2D eigenvalue weighted by Gasteiger charge is -2.32. The van der Waals surface area contributed by atoms with Crippen molar-refractivity contribution < 1.29 is 23.8 Å². The molecule has 0 saturated carbocycles. The van der Waals surface area contributed by atoms with Crippen LogP contribution < -0.4 is 5.32 Å². The van der Waals surface area contributed by atoms with Crippen LogP contribution in [0.3, 0.4) is 0 Å². The van der Waals surface area contributed by atoms with E-state index in [1.807, 2.05) is 0 Å². The van der Waals surface area contributed by atoms with Crippen molar-refractivity contribution in [3.63, 3.8) is 0 Å². The Kier molecular flexibility index (Phi) is 6.61. The van der Waals surface area contributed by atoms with Crippen molar-refractivity contribution in [2.75, 3.05) is 26.2 Å². The van der Waals surface area contributed by atoms with E-state index < -0.39 is 5.97 Å². The van der Waals surface area contributed by atoms with Gasteiger partial charge in [0.25, 0.3) is 0 Å². The van der Waals surface area contributed by atoms with Gasteiger partial charge in [-0.2, -0.15) is 0 Å². The number of carboxylic acids is 1. The average Bonchev–Trinajstić information content (AvgIpc) is 3.00. The molecular formula is C16H24N2O5. The average molecular weight is 324 g/mol. The first-order chi connectivity index (χ1) is 11.1. The molecule has 1 amide bonds. The van der Waals surface area contributed by atoms with E-state index in [0.717, 1.165) is 39.0 Å². The molecule has 7 nitrogen and oxygen atoms in total. The molecule has 0 spiro atoms. The number of hydrogen-bond acceptors (Lipinski definition) is 5. The van der Waals surface area contributed by atoms with Crippen molar-refractivity contribution in [1.82, 2.24) is 10.2 Å². The van der Waals surface area contributed by atoms with E-state index in [1.54, 1.807) is 6.07 Å². The number of carbonyl (C=O) groups excluding carboxylic acids is 1. The minimum absolute atomic E-state index is 0.102. The van der Waals surface area contributed by atoms with Crippen molar-refractivity contribution in [2.24, 2.45) is 0 Å². The minimum Gasteiger partial charge on any atom is -0.475 e. The first-order valence-electron chi connectivity index (χ1n) is 8.01. The van der Waals surface area contributed by atoms with Gasteiger partial charge in [-0.15, -0.1) is 0 Å². The molecule has 1 unspecified atom stereocenters. The van der Waals surface area contributed by atoms with Gasteiger partial charge in [-0.1, -0.05) is 6.92 Å². The predicted octanol–water partition coefficient (Wildman–Crippen LogP) is 1.49. The van der Waals surface area contributed by atoms with Gasteiger partial charge in [-0.05, 0) is 37.9 Å². The lowest BCUT2D eigenvalue weighted by Crippen LogP contribution is -2.44. The Morgan fingerprint density at radius 2 is 2.30 bits per heavy atom. The number of amides is 1. The molecule has 1 aromatic heterocycles. The van der Waals surface area contributed by atoms with Crippen molar-refractivity contribution in [3.05, 3.63) is 23.7 Å². The van der Waals surface area contributed by atoms with Crippen molar-refractivity contribution in [2.45, 2.75) is 38.8 Å². The summed E-state index contributed by atoms with van der Waals surface area (Å²) < 4.78 is 10.9. The molecule has 0 radical (unpaired) electrons. The first-order valence-corrected chi connectivity index (χ1v) is 8.01. The number of furan rings is 1. The first kappa shape index (κ1) is 17.5. The quantitative estimate of drug-likeness (QED) is 0.752. The molecule has 0 aliphatic carbocycles. The van der Waals surface area contributed by atoms with Gasteiger partial charge in [0.2, 0.25) is 11.7 Å². The molecule has 128 valence electrons. The Morgan fingerprint density at radius 3 is 3.00 bits per heavy atom. The molecule has 2 N–H and O–H groups in total. The van der Waals surface area contributed by atoms with E-state index in [-0.39, 0.29) is 24.3 Å². The highest BCUT2D eigenvalue weighted by Crippen LogP contribution is 2.13. The maximum absolute atomic E-state index is 12.0. The summed E-state index contributed by atoms with van der Waals surface area (Å²) in [5.41, 5.74) is 0. The number of likely N-dealkylation sites (tertiary alicyclic amines) is 1. The Balaban J connectivity index is 1.72. The third-order valence-corrected chi connectivity index (χ3v) is 3.72. The minimum atomic E-state index is -1.12. The molecule has 23 heavy (non-hydrogen) atoms. The van der Waals surface area contributed by atoms with Crippen molar-refractivity contribution in [1.29, 1.82) is 0 Å². The summed E-state index contributed by atoms with van der Waals surface area (Å²) in [6, 6.07) is 2.93. The number of piperidine rings is 1. The van der Waals surface area contributed by atoms with Crippen LogP contribution >= 0.6 is 0 Å². The second-order valence-electron chi connectivity index (χ2n) is 5.72. The van der Waals surface area contributed by atoms with Crippen LogP contribution in [0.5, 0.6) is 0 Å². The van der Waals surface area contributed by atoms with Gasteiger partial charge in [-0.25, -0.2) is 4.79 Å². The summed E-state index contributed by atoms with van der Waals surface area (Å²) >= 11 is 0. The fourth-order valence-electron chi connectivity index (χ4n) is 2.61. The number of nitrogens with zero attached hydrogens (tertiary/aromatic N) is 1. The number of carbonyl (C=O) groups is 2. The maximum Gasteiger partial charge on any atom is 0.371 e. The van der Waals surface area contributed by atoms with Gasteiger partial charge in [0, 0.05) is 13.2 Å². The van der Waals surface area contributed by atoms with Crippen LogP contribution in [0.2, 0.25) is 0 Å². The fraction of sp³-hybridized carbons (Fsp3) is 0.625. The third-order valence-electron chi connectivity index (χ3n) is 3.72. The van der Waals surface area contributed by atoms with E-state index >= 15 is 0 Å². The second kappa shape index (κ2) is 8.69. The molecule has 7 heteroatoms. The van der Waals surface area contributed by atoms with Crippen LogP contribution in [0.1, 0.15) is 42.5 Å². The van der Waals surface area contributed by atoms with E-state index in [2.05, 4.69) is 17.1 Å².